The summed E-state index contributed by atoms with van der Waals surface area (Å²) >= 11 is 6.04. The third-order valence-corrected chi connectivity index (χ3v) is 3.56. The number of fused-ring (bicyclic) bond motifs is 1. The second kappa shape index (κ2) is 6.59. The Morgan fingerprint density at radius 1 is 0.952 bits per heavy atom. The van der Waals surface area contributed by atoms with Gasteiger partial charge in [-0.15, -0.1) is 0 Å². The molecule has 106 valence electrons. The lowest BCUT2D eigenvalue weighted by molar-refractivity contribution is 0.303. The van der Waals surface area contributed by atoms with Crippen molar-refractivity contribution in [1.82, 2.24) is 4.98 Å². The first-order chi connectivity index (χ1) is 10.3. The third kappa shape index (κ3) is 3.53. The molecule has 2 aromatic carbocycles. The van der Waals surface area contributed by atoms with Gasteiger partial charge < -0.3 is 4.74 Å². The Morgan fingerprint density at radius 2 is 1.71 bits per heavy atom. The molecular formula is C18H16ClNO. The van der Waals surface area contributed by atoms with Gasteiger partial charge >= 0.3 is 0 Å². The van der Waals surface area contributed by atoms with Gasteiger partial charge in [0.05, 0.1) is 6.61 Å². The van der Waals surface area contributed by atoms with Gasteiger partial charge in [0, 0.05) is 5.39 Å². The fourth-order valence-electron chi connectivity index (χ4n) is 2.34. The predicted octanol–water partition coefficient (Wildman–Crippen LogP) is 4.90. The number of ether oxygens (including phenoxy) is 1. The molecule has 0 saturated heterocycles. The van der Waals surface area contributed by atoms with Crippen LogP contribution in [0.25, 0.3) is 10.8 Å². The van der Waals surface area contributed by atoms with Gasteiger partial charge in [-0.25, -0.2) is 4.98 Å². The lowest BCUT2D eigenvalue weighted by Crippen LogP contribution is -2.01. The van der Waals surface area contributed by atoms with E-state index in [2.05, 4.69) is 29.2 Å². The van der Waals surface area contributed by atoms with E-state index in [-0.39, 0.29) is 0 Å². The Hall–Kier alpha value is -2.06. The molecular weight excluding hydrogens is 282 g/mol. The second-order valence-electron chi connectivity index (χ2n) is 4.91. The van der Waals surface area contributed by atoms with Crippen molar-refractivity contribution in [1.29, 1.82) is 0 Å². The molecule has 3 heteroatoms. The van der Waals surface area contributed by atoms with Crippen LogP contribution in [0.3, 0.4) is 0 Å². The molecule has 0 spiro atoms. The number of nitrogens with zero attached hydrogens (tertiary/aromatic N) is 1. The van der Waals surface area contributed by atoms with Gasteiger partial charge in [0.1, 0.15) is 5.15 Å². The topological polar surface area (TPSA) is 22.1 Å². The Morgan fingerprint density at radius 3 is 2.57 bits per heavy atom. The minimum atomic E-state index is 0.465. The molecule has 0 N–H and O–H groups in total. The third-order valence-electron chi connectivity index (χ3n) is 3.37. The minimum absolute atomic E-state index is 0.465. The number of hydrogen-bond acceptors (Lipinski definition) is 2. The summed E-state index contributed by atoms with van der Waals surface area (Å²) in [5, 5.41) is 2.52. The Bertz CT molecular complexity index is 728. The molecule has 2 nitrogen and oxygen atoms in total. The number of pyridine rings is 1. The van der Waals surface area contributed by atoms with Crippen LogP contribution in [0.4, 0.5) is 0 Å². The zero-order valence-corrected chi connectivity index (χ0v) is 12.4. The predicted molar refractivity (Wildman–Crippen MR) is 87.0 cm³/mol. The van der Waals surface area contributed by atoms with Crippen molar-refractivity contribution in [3.63, 3.8) is 0 Å². The summed E-state index contributed by atoms with van der Waals surface area (Å²) in [5.74, 6) is 0.617. The normalized spacial score (nSPS) is 10.7. The molecule has 0 aliphatic rings. The second-order valence-corrected chi connectivity index (χ2v) is 5.30. The Kier molecular flexibility index (Phi) is 4.37. The fourth-order valence-corrected chi connectivity index (χ4v) is 2.53. The zero-order valence-electron chi connectivity index (χ0n) is 11.6. The minimum Gasteiger partial charge on any atom is -0.477 e. The highest BCUT2D eigenvalue weighted by molar-refractivity contribution is 6.30. The quantitative estimate of drug-likeness (QED) is 0.493. The van der Waals surface area contributed by atoms with Gasteiger partial charge in [0.15, 0.2) is 0 Å². The standard InChI is InChI=1S/C18H16ClNO/c19-17-13-15-10-4-5-11-16(15)18(20-17)21-12-6-9-14-7-2-1-3-8-14/h1-5,7-8,10-11,13H,6,9,12H2. The summed E-state index contributed by atoms with van der Waals surface area (Å²) in [6, 6.07) is 20.2. The molecule has 0 atom stereocenters. The smallest absolute Gasteiger partial charge is 0.222 e. The van der Waals surface area contributed by atoms with E-state index in [0.717, 1.165) is 23.6 Å². The van der Waals surface area contributed by atoms with Crippen molar-refractivity contribution in [2.75, 3.05) is 6.61 Å². The number of aromatic nitrogens is 1. The van der Waals surface area contributed by atoms with Gasteiger partial charge in [0.25, 0.3) is 0 Å². The van der Waals surface area contributed by atoms with E-state index in [0.29, 0.717) is 17.6 Å². The first kappa shape index (κ1) is 13.9. The van der Waals surface area contributed by atoms with E-state index in [1.54, 1.807) is 0 Å². The maximum atomic E-state index is 6.04. The average Bonchev–Trinajstić information content (AvgIpc) is 2.52. The zero-order chi connectivity index (χ0) is 14.5. The summed E-state index contributed by atoms with van der Waals surface area (Å²) in [5.41, 5.74) is 1.32. The summed E-state index contributed by atoms with van der Waals surface area (Å²) in [6.45, 7) is 0.631. The van der Waals surface area contributed by atoms with Crippen LogP contribution in [0.15, 0.2) is 60.7 Å². The van der Waals surface area contributed by atoms with E-state index < -0.39 is 0 Å². The molecule has 1 heterocycles. The molecule has 0 aliphatic heterocycles. The van der Waals surface area contributed by atoms with Gasteiger partial charge in [-0.05, 0) is 35.9 Å². The summed E-state index contributed by atoms with van der Waals surface area (Å²) in [6.07, 6.45) is 1.95. The molecule has 1 aromatic heterocycles. The highest BCUT2D eigenvalue weighted by Crippen LogP contribution is 2.26. The number of rotatable bonds is 5. The van der Waals surface area contributed by atoms with Crippen LogP contribution in [0.2, 0.25) is 5.15 Å². The fraction of sp³-hybridized carbons (Fsp3) is 0.167. The van der Waals surface area contributed by atoms with Crippen LogP contribution in [0, 0.1) is 0 Å². The van der Waals surface area contributed by atoms with Crippen LogP contribution < -0.4 is 4.74 Å². The number of halogens is 1. The van der Waals surface area contributed by atoms with Gasteiger partial charge in [-0.3, -0.25) is 0 Å². The van der Waals surface area contributed by atoms with Gasteiger partial charge in [-0.1, -0.05) is 60.1 Å². The van der Waals surface area contributed by atoms with Crippen LogP contribution in [-0.2, 0) is 6.42 Å². The highest BCUT2D eigenvalue weighted by Gasteiger charge is 2.05. The highest BCUT2D eigenvalue weighted by atomic mass is 35.5. The van der Waals surface area contributed by atoms with Crippen LogP contribution in [0.5, 0.6) is 5.88 Å². The Labute approximate surface area is 129 Å². The van der Waals surface area contributed by atoms with Crippen molar-refractivity contribution in [2.45, 2.75) is 12.8 Å². The maximum absolute atomic E-state index is 6.04. The van der Waals surface area contributed by atoms with E-state index in [1.807, 2.05) is 36.4 Å². The van der Waals surface area contributed by atoms with Crippen LogP contribution >= 0.6 is 11.6 Å². The van der Waals surface area contributed by atoms with Crippen molar-refractivity contribution in [2.24, 2.45) is 0 Å². The van der Waals surface area contributed by atoms with Crippen LogP contribution in [0.1, 0.15) is 12.0 Å². The van der Waals surface area contributed by atoms with Gasteiger partial charge in [0.2, 0.25) is 5.88 Å². The molecule has 3 rings (SSSR count). The van der Waals surface area contributed by atoms with Crippen molar-refractivity contribution >= 4 is 22.4 Å². The average molecular weight is 298 g/mol. The van der Waals surface area contributed by atoms with Crippen molar-refractivity contribution in [3.05, 3.63) is 71.4 Å². The SMILES string of the molecule is Clc1cc2ccccc2c(OCCCc2ccccc2)n1. The number of aryl methyl sites for hydroxylation is 1. The molecule has 0 aliphatic carbocycles. The maximum Gasteiger partial charge on any atom is 0.222 e. The first-order valence-electron chi connectivity index (χ1n) is 7.05. The molecule has 21 heavy (non-hydrogen) atoms. The van der Waals surface area contributed by atoms with Crippen molar-refractivity contribution in [3.8, 4) is 5.88 Å². The summed E-state index contributed by atoms with van der Waals surface area (Å²) in [4.78, 5) is 4.29. The molecule has 0 radical (unpaired) electrons. The molecule has 0 unspecified atom stereocenters. The molecule has 0 amide bonds. The van der Waals surface area contributed by atoms with E-state index >= 15 is 0 Å². The summed E-state index contributed by atoms with van der Waals surface area (Å²) < 4.78 is 5.83. The van der Waals surface area contributed by atoms with Gasteiger partial charge in [-0.2, -0.15) is 0 Å². The van der Waals surface area contributed by atoms with E-state index in [4.69, 9.17) is 16.3 Å². The van der Waals surface area contributed by atoms with E-state index in [1.165, 1.54) is 5.56 Å². The summed E-state index contributed by atoms with van der Waals surface area (Å²) in [7, 11) is 0. The Balaban J connectivity index is 1.65. The first-order valence-corrected chi connectivity index (χ1v) is 7.43. The largest absolute Gasteiger partial charge is 0.477 e. The van der Waals surface area contributed by atoms with Crippen LogP contribution in [-0.4, -0.2) is 11.6 Å². The number of hydrogen-bond donors (Lipinski definition) is 0. The molecule has 0 saturated carbocycles. The molecule has 0 bridgehead atoms. The molecule has 3 aromatic rings. The van der Waals surface area contributed by atoms with E-state index in [9.17, 15) is 0 Å². The van der Waals surface area contributed by atoms with Crippen molar-refractivity contribution < 1.29 is 4.74 Å². The lowest BCUT2D eigenvalue weighted by Gasteiger charge is -2.09. The monoisotopic (exact) mass is 297 g/mol. The lowest BCUT2D eigenvalue weighted by atomic mass is 10.1. The molecule has 0 fully saturated rings. The number of benzene rings is 2.